The number of halogens is 1. The highest BCUT2D eigenvalue weighted by Crippen LogP contribution is 2.34. The highest BCUT2D eigenvalue weighted by Gasteiger charge is 2.30. The van der Waals surface area contributed by atoms with Gasteiger partial charge in [-0.3, -0.25) is 13.9 Å². The Morgan fingerprint density at radius 3 is 2.39 bits per heavy atom. The van der Waals surface area contributed by atoms with Crippen LogP contribution >= 0.6 is 15.9 Å². The number of anilines is 1. The molecule has 1 aliphatic heterocycles. The van der Waals surface area contributed by atoms with Crippen molar-refractivity contribution in [3.05, 3.63) is 52.5 Å². The summed E-state index contributed by atoms with van der Waals surface area (Å²) in [5, 5.41) is 2.86. The van der Waals surface area contributed by atoms with Gasteiger partial charge >= 0.3 is 0 Å². The number of carbonyl (C=O) groups is 2. The van der Waals surface area contributed by atoms with Crippen LogP contribution in [0, 0.1) is 5.92 Å². The minimum Gasteiger partial charge on any atom is -0.486 e. The lowest BCUT2D eigenvalue weighted by atomic mass is 10.1. The smallest absolute Gasteiger partial charge is 0.244 e. The standard InChI is InChI=1S/C25H32BrN3O6S/c1-17(2)14-27-25(31)18(3)28(15-19-6-5-7-20(26)12-19)24(30)16-29(36(4,32)33)21-8-9-22-23(13-21)35-11-10-34-22/h5-9,12-13,17-18H,10-11,14-16H2,1-4H3,(H,27,31)/t18-/m0/s1. The normalized spacial score (nSPS) is 13.7. The topological polar surface area (TPSA) is 105 Å². The van der Waals surface area contributed by atoms with E-state index in [9.17, 15) is 18.0 Å². The van der Waals surface area contributed by atoms with Crippen LogP contribution in [0.4, 0.5) is 5.69 Å². The van der Waals surface area contributed by atoms with Gasteiger partial charge in [-0.05, 0) is 42.7 Å². The summed E-state index contributed by atoms with van der Waals surface area (Å²) in [6, 6.07) is 11.3. The third-order valence-electron chi connectivity index (χ3n) is 5.59. The lowest BCUT2D eigenvalue weighted by Crippen LogP contribution is -2.51. The average Bonchev–Trinajstić information content (AvgIpc) is 2.82. The Bertz CT molecular complexity index is 1200. The van der Waals surface area contributed by atoms with Crippen LogP contribution in [-0.2, 0) is 26.2 Å². The lowest BCUT2D eigenvalue weighted by Gasteiger charge is -2.32. The monoisotopic (exact) mass is 581 g/mol. The van der Waals surface area contributed by atoms with Crippen molar-refractivity contribution < 1.29 is 27.5 Å². The number of ether oxygens (including phenoxy) is 2. The van der Waals surface area contributed by atoms with Crippen molar-refractivity contribution in [2.45, 2.75) is 33.4 Å². The molecule has 0 saturated carbocycles. The molecule has 0 unspecified atom stereocenters. The molecule has 2 aromatic carbocycles. The van der Waals surface area contributed by atoms with Crippen LogP contribution in [0.5, 0.6) is 11.5 Å². The third kappa shape index (κ3) is 7.36. The van der Waals surface area contributed by atoms with Crippen LogP contribution in [0.25, 0.3) is 0 Å². The van der Waals surface area contributed by atoms with Gasteiger partial charge in [-0.1, -0.05) is 41.9 Å². The maximum absolute atomic E-state index is 13.6. The van der Waals surface area contributed by atoms with Crippen molar-refractivity contribution in [1.29, 1.82) is 0 Å². The molecule has 36 heavy (non-hydrogen) atoms. The maximum Gasteiger partial charge on any atom is 0.244 e. The summed E-state index contributed by atoms with van der Waals surface area (Å²) in [6.45, 7) is 6.47. The Hall–Kier alpha value is -2.79. The van der Waals surface area contributed by atoms with Crippen LogP contribution in [0.2, 0.25) is 0 Å². The summed E-state index contributed by atoms with van der Waals surface area (Å²) in [5.41, 5.74) is 1.07. The van der Waals surface area contributed by atoms with Crippen molar-refractivity contribution in [3.63, 3.8) is 0 Å². The molecule has 0 aliphatic carbocycles. The Labute approximate surface area is 220 Å². The van der Waals surface area contributed by atoms with E-state index in [1.807, 2.05) is 38.1 Å². The minimum absolute atomic E-state index is 0.132. The van der Waals surface area contributed by atoms with Gasteiger partial charge in [0.25, 0.3) is 0 Å². The Kier molecular flexibility index (Phi) is 9.24. The zero-order chi connectivity index (χ0) is 26.5. The molecule has 0 bridgehead atoms. The fourth-order valence-corrected chi connectivity index (χ4v) is 4.96. The Morgan fingerprint density at radius 2 is 1.75 bits per heavy atom. The molecule has 1 atom stereocenters. The molecule has 0 saturated heterocycles. The predicted octanol–water partition coefficient (Wildman–Crippen LogP) is 3.18. The second kappa shape index (κ2) is 12.0. The number of amides is 2. The second-order valence-corrected chi connectivity index (χ2v) is 11.9. The summed E-state index contributed by atoms with van der Waals surface area (Å²) >= 11 is 3.43. The first-order valence-electron chi connectivity index (χ1n) is 11.6. The predicted molar refractivity (Wildman–Crippen MR) is 142 cm³/mol. The fraction of sp³-hybridized carbons (Fsp3) is 0.440. The van der Waals surface area contributed by atoms with Gasteiger partial charge in [0.05, 0.1) is 11.9 Å². The molecule has 9 nitrogen and oxygen atoms in total. The quantitative estimate of drug-likeness (QED) is 0.462. The number of carbonyl (C=O) groups excluding carboxylic acids is 2. The summed E-state index contributed by atoms with van der Waals surface area (Å²) in [6.07, 6.45) is 1.04. The number of hydrogen-bond acceptors (Lipinski definition) is 6. The molecule has 1 aliphatic rings. The van der Waals surface area contributed by atoms with E-state index in [0.717, 1.165) is 20.6 Å². The fourth-order valence-electron chi connectivity index (χ4n) is 3.67. The first-order chi connectivity index (χ1) is 17.0. The molecule has 0 aromatic heterocycles. The van der Waals surface area contributed by atoms with Gasteiger partial charge < -0.3 is 19.7 Å². The summed E-state index contributed by atoms with van der Waals surface area (Å²) in [5.74, 6) is 0.342. The molecule has 3 rings (SSSR count). The maximum atomic E-state index is 13.6. The van der Waals surface area contributed by atoms with E-state index >= 15 is 0 Å². The molecule has 196 valence electrons. The molecule has 11 heteroatoms. The van der Waals surface area contributed by atoms with Crippen molar-refractivity contribution in [2.24, 2.45) is 5.92 Å². The van der Waals surface area contributed by atoms with E-state index in [1.165, 1.54) is 4.90 Å². The van der Waals surface area contributed by atoms with E-state index in [-0.39, 0.29) is 24.1 Å². The zero-order valence-electron chi connectivity index (χ0n) is 20.9. The van der Waals surface area contributed by atoms with E-state index < -0.39 is 28.5 Å². The Morgan fingerprint density at radius 1 is 1.06 bits per heavy atom. The van der Waals surface area contributed by atoms with Crippen molar-refractivity contribution in [1.82, 2.24) is 10.2 Å². The van der Waals surface area contributed by atoms with Gasteiger partial charge in [0, 0.05) is 23.6 Å². The van der Waals surface area contributed by atoms with Crippen molar-refractivity contribution in [2.75, 3.05) is 36.9 Å². The summed E-state index contributed by atoms with van der Waals surface area (Å²) in [4.78, 5) is 27.9. The van der Waals surface area contributed by atoms with Crippen molar-refractivity contribution in [3.8, 4) is 11.5 Å². The first kappa shape index (κ1) is 27.8. The number of benzene rings is 2. The van der Waals surface area contributed by atoms with E-state index in [0.29, 0.717) is 31.3 Å². The average molecular weight is 583 g/mol. The largest absolute Gasteiger partial charge is 0.486 e. The highest BCUT2D eigenvalue weighted by atomic mass is 79.9. The molecular weight excluding hydrogens is 550 g/mol. The van der Waals surface area contributed by atoms with Gasteiger partial charge in [0.2, 0.25) is 21.8 Å². The van der Waals surface area contributed by atoms with E-state index in [2.05, 4.69) is 21.2 Å². The van der Waals surface area contributed by atoms with Crippen LogP contribution in [0.15, 0.2) is 46.9 Å². The molecule has 0 fully saturated rings. The minimum atomic E-state index is -3.84. The molecule has 1 heterocycles. The van der Waals surface area contributed by atoms with Gasteiger partial charge in [-0.15, -0.1) is 0 Å². The van der Waals surface area contributed by atoms with Gasteiger partial charge in [0.15, 0.2) is 11.5 Å². The van der Waals surface area contributed by atoms with E-state index in [4.69, 9.17) is 9.47 Å². The lowest BCUT2D eigenvalue weighted by molar-refractivity contribution is -0.139. The summed E-state index contributed by atoms with van der Waals surface area (Å²) in [7, 11) is -3.84. The van der Waals surface area contributed by atoms with Crippen LogP contribution in [0.1, 0.15) is 26.3 Å². The third-order valence-corrected chi connectivity index (χ3v) is 7.22. The van der Waals surface area contributed by atoms with Gasteiger partial charge in [-0.2, -0.15) is 0 Å². The van der Waals surface area contributed by atoms with Crippen LogP contribution < -0.4 is 19.1 Å². The zero-order valence-corrected chi connectivity index (χ0v) is 23.3. The molecule has 2 amide bonds. The number of nitrogens with one attached hydrogen (secondary N) is 1. The van der Waals surface area contributed by atoms with Gasteiger partial charge in [-0.25, -0.2) is 8.42 Å². The first-order valence-corrected chi connectivity index (χ1v) is 14.3. The van der Waals surface area contributed by atoms with Crippen LogP contribution in [-0.4, -0.2) is 63.7 Å². The number of nitrogens with zero attached hydrogens (tertiary/aromatic N) is 2. The molecule has 1 N–H and O–H groups in total. The number of sulfonamides is 1. The SMILES string of the molecule is CC(C)CNC(=O)[C@H](C)N(Cc1cccc(Br)c1)C(=O)CN(c1ccc2c(c1)OCCO2)S(C)(=O)=O. The Balaban J connectivity index is 1.90. The number of fused-ring (bicyclic) bond motifs is 1. The molecule has 2 aromatic rings. The highest BCUT2D eigenvalue weighted by molar-refractivity contribution is 9.10. The summed E-state index contributed by atoms with van der Waals surface area (Å²) < 4.78 is 38.4. The van der Waals surface area contributed by atoms with Crippen molar-refractivity contribution >= 4 is 43.5 Å². The van der Waals surface area contributed by atoms with Gasteiger partial charge in [0.1, 0.15) is 25.8 Å². The van der Waals surface area contributed by atoms with E-state index in [1.54, 1.807) is 25.1 Å². The van der Waals surface area contributed by atoms with Crippen LogP contribution in [0.3, 0.4) is 0 Å². The molecule has 0 spiro atoms. The molecule has 0 radical (unpaired) electrons. The second-order valence-electron chi connectivity index (χ2n) is 9.06. The molecular formula is C25H32BrN3O6S. The number of hydrogen-bond donors (Lipinski definition) is 1. The number of rotatable bonds is 10.